The van der Waals surface area contributed by atoms with Gasteiger partial charge in [0.2, 0.25) is 0 Å². The van der Waals surface area contributed by atoms with Gasteiger partial charge in [-0.15, -0.1) is 0 Å². The molecule has 0 aliphatic heterocycles. The summed E-state index contributed by atoms with van der Waals surface area (Å²) >= 11 is 0. The minimum Gasteiger partial charge on any atom is -0.381 e. The van der Waals surface area contributed by atoms with E-state index in [0.717, 1.165) is 19.3 Å². The number of carbonyl (C=O) groups excluding carboxylic acids is 1. The van der Waals surface area contributed by atoms with Gasteiger partial charge in [-0.1, -0.05) is 19.8 Å². The summed E-state index contributed by atoms with van der Waals surface area (Å²) in [4.78, 5) is 11.5. The zero-order chi connectivity index (χ0) is 10.9. The van der Waals surface area contributed by atoms with E-state index in [1.807, 2.05) is 7.11 Å². The normalized spacial score (nSPS) is 42.1. The van der Waals surface area contributed by atoms with Crippen LogP contribution in [0.1, 0.15) is 51.9 Å². The van der Waals surface area contributed by atoms with Crippen molar-refractivity contribution in [3.63, 3.8) is 0 Å². The van der Waals surface area contributed by atoms with Crippen molar-refractivity contribution >= 4 is 5.78 Å². The number of ketones is 1. The molecule has 0 bridgehead atoms. The quantitative estimate of drug-likeness (QED) is 0.665. The first kappa shape index (κ1) is 11.1. The average Bonchev–Trinajstić information content (AvgIpc) is 2.38. The molecule has 0 aromatic carbocycles. The standard InChI is InChI=1S/C13H22O2/c1-13-8-7-11(14)9-10(13)5-3-4-6-12(13)15-2/h10,12H,3-9H2,1-2H3/t10-,12-,13-/m0/s1. The summed E-state index contributed by atoms with van der Waals surface area (Å²) in [6.45, 7) is 2.34. The molecule has 0 spiro atoms. The highest BCUT2D eigenvalue weighted by Gasteiger charge is 2.45. The third kappa shape index (κ3) is 1.96. The number of carbonyl (C=O) groups is 1. The molecule has 0 heterocycles. The number of fused-ring (bicyclic) bond motifs is 1. The average molecular weight is 210 g/mol. The lowest BCUT2D eigenvalue weighted by molar-refractivity contribution is -0.129. The molecular weight excluding hydrogens is 188 g/mol. The van der Waals surface area contributed by atoms with Gasteiger partial charge < -0.3 is 4.74 Å². The summed E-state index contributed by atoms with van der Waals surface area (Å²) in [5, 5.41) is 0. The minimum atomic E-state index is 0.263. The fourth-order valence-electron chi connectivity index (χ4n) is 3.52. The van der Waals surface area contributed by atoms with Crippen LogP contribution in [0.3, 0.4) is 0 Å². The molecule has 0 amide bonds. The van der Waals surface area contributed by atoms with E-state index in [1.165, 1.54) is 25.7 Å². The Morgan fingerprint density at radius 2 is 2.07 bits per heavy atom. The topological polar surface area (TPSA) is 26.3 Å². The fraction of sp³-hybridized carbons (Fsp3) is 0.923. The van der Waals surface area contributed by atoms with Gasteiger partial charge in [0.05, 0.1) is 6.10 Å². The summed E-state index contributed by atoms with van der Waals surface area (Å²) in [6, 6.07) is 0. The zero-order valence-corrected chi connectivity index (χ0v) is 9.92. The van der Waals surface area contributed by atoms with Crippen molar-refractivity contribution in [2.75, 3.05) is 7.11 Å². The third-order valence-electron chi connectivity index (χ3n) is 4.64. The van der Waals surface area contributed by atoms with Gasteiger partial charge >= 0.3 is 0 Å². The first-order valence-corrected chi connectivity index (χ1v) is 6.21. The molecule has 2 saturated carbocycles. The van der Waals surface area contributed by atoms with Crippen molar-refractivity contribution in [1.29, 1.82) is 0 Å². The molecule has 0 aromatic rings. The van der Waals surface area contributed by atoms with E-state index in [0.29, 0.717) is 17.8 Å². The van der Waals surface area contributed by atoms with Crippen molar-refractivity contribution in [1.82, 2.24) is 0 Å². The number of hydrogen-bond donors (Lipinski definition) is 0. The summed E-state index contributed by atoms with van der Waals surface area (Å²) in [5.74, 6) is 1.04. The highest BCUT2D eigenvalue weighted by atomic mass is 16.5. The number of Topliss-reactive ketones (excluding diaryl/α,β-unsaturated/α-hetero) is 1. The van der Waals surface area contributed by atoms with Crippen LogP contribution in [-0.4, -0.2) is 19.0 Å². The van der Waals surface area contributed by atoms with Crippen LogP contribution in [0.4, 0.5) is 0 Å². The van der Waals surface area contributed by atoms with E-state index in [9.17, 15) is 4.79 Å². The molecule has 0 unspecified atom stereocenters. The van der Waals surface area contributed by atoms with Crippen LogP contribution < -0.4 is 0 Å². The van der Waals surface area contributed by atoms with E-state index in [4.69, 9.17) is 4.74 Å². The molecule has 0 aromatic heterocycles. The van der Waals surface area contributed by atoms with E-state index < -0.39 is 0 Å². The van der Waals surface area contributed by atoms with Gasteiger partial charge in [0.1, 0.15) is 5.78 Å². The van der Waals surface area contributed by atoms with Gasteiger partial charge in [0.15, 0.2) is 0 Å². The summed E-state index contributed by atoms with van der Waals surface area (Å²) in [6.07, 6.45) is 7.92. The SMILES string of the molecule is CO[C@H]1CCCC[C@H]2CC(=O)CC[C@@]21C. The molecule has 2 heteroatoms. The van der Waals surface area contributed by atoms with E-state index in [2.05, 4.69) is 6.92 Å². The predicted octanol–water partition coefficient (Wildman–Crippen LogP) is 2.95. The van der Waals surface area contributed by atoms with Crippen LogP contribution in [0, 0.1) is 11.3 Å². The molecule has 2 nitrogen and oxygen atoms in total. The summed E-state index contributed by atoms with van der Waals surface area (Å²) in [5.41, 5.74) is 0.263. The maximum absolute atomic E-state index is 11.5. The Labute approximate surface area is 92.4 Å². The van der Waals surface area contributed by atoms with Crippen LogP contribution >= 0.6 is 0 Å². The maximum atomic E-state index is 11.5. The Kier molecular flexibility index (Phi) is 3.15. The summed E-state index contributed by atoms with van der Waals surface area (Å²) in [7, 11) is 1.83. The Hall–Kier alpha value is -0.370. The Morgan fingerprint density at radius 3 is 2.80 bits per heavy atom. The van der Waals surface area contributed by atoms with Gasteiger partial charge in [-0.25, -0.2) is 0 Å². The van der Waals surface area contributed by atoms with Crippen LogP contribution in [-0.2, 0) is 9.53 Å². The first-order chi connectivity index (χ1) is 7.16. The van der Waals surface area contributed by atoms with Gasteiger partial charge in [-0.2, -0.15) is 0 Å². The Bertz CT molecular complexity index is 249. The highest BCUT2D eigenvalue weighted by Crippen LogP contribution is 2.48. The number of methoxy groups -OCH3 is 1. The zero-order valence-electron chi connectivity index (χ0n) is 9.92. The smallest absolute Gasteiger partial charge is 0.133 e. The molecule has 86 valence electrons. The van der Waals surface area contributed by atoms with Gasteiger partial charge in [-0.05, 0) is 30.6 Å². The number of ether oxygens (including phenoxy) is 1. The first-order valence-electron chi connectivity index (χ1n) is 6.21. The number of hydrogen-bond acceptors (Lipinski definition) is 2. The van der Waals surface area contributed by atoms with Crippen molar-refractivity contribution in [2.45, 2.75) is 58.0 Å². The second-order valence-electron chi connectivity index (χ2n) is 5.45. The van der Waals surface area contributed by atoms with Crippen molar-refractivity contribution in [3.8, 4) is 0 Å². The largest absolute Gasteiger partial charge is 0.381 e. The molecule has 2 aliphatic rings. The molecule has 2 rings (SSSR count). The minimum absolute atomic E-state index is 0.263. The lowest BCUT2D eigenvalue weighted by atomic mass is 9.63. The molecule has 0 N–H and O–H groups in total. The van der Waals surface area contributed by atoms with E-state index in [-0.39, 0.29) is 5.41 Å². The number of rotatable bonds is 1. The highest BCUT2D eigenvalue weighted by molar-refractivity contribution is 5.79. The van der Waals surface area contributed by atoms with Crippen LogP contribution in [0.5, 0.6) is 0 Å². The van der Waals surface area contributed by atoms with Crippen molar-refractivity contribution in [3.05, 3.63) is 0 Å². The van der Waals surface area contributed by atoms with Gasteiger partial charge in [0, 0.05) is 20.0 Å². The van der Waals surface area contributed by atoms with Gasteiger partial charge in [0.25, 0.3) is 0 Å². The Morgan fingerprint density at radius 1 is 1.33 bits per heavy atom. The second kappa shape index (κ2) is 4.25. The third-order valence-corrected chi connectivity index (χ3v) is 4.64. The second-order valence-corrected chi connectivity index (χ2v) is 5.45. The fourth-order valence-corrected chi connectivity index (χ4v) is 3.52. The van der Waals surface area contributed by atoms with Crippen LogP contribution in [0.15, 0.2) is 0 Å². The molecule has 2 aliphatic carbocycles. The van der Waals surface area contributed by atoms with Crippen LogP contribution in [0.2, 0.25) is 0 Å². The Balaban J connectivity index is 2.20. The monoisotopic (exact) mass is 210 g/mol. The molecule has 15 heavy (non-hydrogen) atoms. The molecule has 3 atom stereocenters. The molecule has 2 fully saturated rings. The van der Waals surface area contributed by atoms with Crippen molar-refractivity contribution in [2.24, 2.45) is 11.3 Å². The van der Waals surface area contributed by atoms with E-state index >= 15 is 0 Å². The maximum Gasteiger partial charge on any atom is 0.133 e. The summed E-state index contributed by atoms with van der Waals surface area (Å²) < 4.78 is 5.67. The van der Waals surface area contributed by atoms with Crippen LogP contribution in [0.25, 0.3) is 0 Å². The van der Waals surface area contributed by atoms with Crippen molar-refractivity contribution < 1.29 is 9.53 Å². The lowest BCUT2D eigenvalue weighted by Crippen LogP contribution is -2.43. The van der Waals surface area contributed by atoms with Gasteiger partial charge in [-0.3, -0.25) is 4.79 Å². The van der Waals surface area contributed by atoms with E-state index in [1.54, 1.807) is 0 Å². The molecular formula is C13H22O2. The molecule has 0 saturated heterocycles. The molecule has 0 radical (unpaired) electrons. The lowest BCUT2D eigenvalue weighted by Gasteiger charge is -2.44. The predicted molar refractivity (Wildman–Crippen MR) is 59.7 cm³/mol.